The summed E-state index contributed by atoms with van der Waals surface area (Å²) in [5.41, 5.74) is 0. The number of fused-ring (bicyclic) bond motifs is 5. The summed E-state index contributed by atoms with van der Waals surface area (Å²) in [4.78, 5) is 27.9. The average Bonchev–Trinajstić information content (AvgIpc) is 3.06. The number of carbonyl (C=O) groups excluding carboxylic acids is 2. The van der Waals surface area contributed by atoms with Gasteiger partial charge in [0.25, 0.3) is 0 Å². The van der Waals surface area contributed by atoms with Gasteiger partial charge in [0.05, 0.1) is 21.9 Å². The number of alkyl halides is 2. The van der Waals surface area contributed by atoms with Gasteiger partial charge in [-0.2, -0.15) is 0 Å². The highest BCUT2D eigenvalue weighted by molar-refractivity contribution is 6.54. The minimum Gasteiger partial charge on any atom is -0.350 e. The van der Waals surface area contributed by atoms with E-state index in [9.17, 15) is 9.59 Å². The molecule has 138 valence electrons. The van der Waals surface area contributed by atoms with Crippen LogP contribution in [-0.2, 0) is 19.1 Å². The number of pyridine rings is 1. The van der Waals surface area contributed by atoms with Crippen LogP contribution in [0.25, 0.3) is 0 Å². The van der Waals surface area contributed by atoms with Crippen LogP contribution in [0, 0.1) is 11.8 Å². The third-order valence-corrected chi connectivity index (χ3v) is 8.02. The van der Waals surface area contributed by atoms with Gasteiger partial charge in [0.1, 0.15) is 15.6 Å². The molecule has 4 atom stereocenters. The van der Waals surface area contributed by atoms with E-state index in [-0.39, 0.29) is 15.9 Å². The number of hydrogen-bond acceptors (Lipinski definition) is 5. The lowest BCUT2D eigenvalue weighted by Gasteiger charge is -2.42. The van der Waals surface area contributed by atoms with Gasteiger partial charge >= 0.3 is 0 Å². The number of methoxy groups -OCH3 is 2. The lowest BCUT2D eigenvalue weighted by atomic mass is 9.84. The Balaban J connectivity index is 1.95. The molecule has 4 unspecified atom stereocenters. The summed E-state index contributed by atoms with van der Waals surface area (Å²) in [6.07, 6.45) is 1.47. The highest BCUT2D eigenvalue weighted by atomic mass is 35.5. The quantitative estimate of drug-likeness (QED) is 0.413. The molecule has 0 N–H and O–H groups in total. The summed E-state index contributed by atoms with van der Waals surface area (Å²) in [5, 5.41) is -0.130. The van der Waals surface area contributed by atoms with E-state index in [0.717, 1.165) is 4.90 Å². The van der Waals surface area contributed by atoms with Gasteiger partial charge in [-0.05, 0) is 12.1 Å². The molecule has 3 aliphatic rings. The Hall–Kier alpha value is -0.890. The lowest BCUT2D eigenvalue weighted by Crippen LogP contribution is -2.60. The molecule has 2 aliphatic carbocycles. The number of aromatic nitrogens is 1. The SMILES string of the molecule is COC1(OC)C2(Cl)C(Cl)=C(Cl)C1(Cl)C1C(=O)N(c3ccccn3)C(=O)C12. The van der Waals surface area contributed by atoms with Crippen LogP contribution in [0.1, 0.15) is 0 Å². The minimum atomic E-state index is -1.78. The Kier molecular flexibility index (Phi) is 3.95. The van der Waals surface area contributed by atoms with Gasteiger partial charge in [-0.1, -0.05) is 29.3 Å². The van der Waals surface area contributed by atoms with Gasteiger partial charge in [-0.25, -0.2) is 9.88 Å². The van der Waals surface area contributed by atoms with Crippen LogP contribution < -0.4 is 4.90 Å². The Morgan fingerprint density at radius 3 is 1.88 bits per heavy atom. The van der Waals surface area contributed by atoms with Gasteiger partial charge in [0.15, 0.2) is 0 Å². The smallest absolute Gasteiger partial charge is 0.241 e. The standard InChI is InChI=1S/C16H12Cl4N2O4/c1-25-16(26-2)14(19)8-9(15(16,20)11(18)10(14)17)13(24)22(12(8)23)7-5-3-4-6-21-7/h3-6,8-9H,1-2H3. The largest absolute Gasteiger partial charge is 0.350 e. The molecule has 1 saturated carbocycles. The van der Waals surface area contributed by atoms with E-state index in [0.29, 0.717) is 0 Å². The highest BCUT2D eigenvalue weighted by Crippen LogP contribution is 2.75. The molecule has 0 spiro atoms. The van der Waals surface area contributed by atoms with Crippen molar-refractivity contribution in [1.29, 1.82) is 0 Å². The molecule has 26 heavy (non-hydrogen) atoms. The minimum absolute atomic E-state index is 0.0650. The fourth-order valence-corrected chi connectivity index (χ4v) is 6.58. The molecule has 2 amide bonds. The first-order chi connectivity index (χ1) is 12.2. The van der Waals surface area contributed by atoms with E-state index in [4.69, 9.17) is 55.9 Å². The van der Waals surface area contributed by atoms with Crippen LogP contribution >= 0.6 is 46.4 Å². The van der Waals surface area contributed by atoms with Crippen LogP contribution in [0.2, 0.25) is 0 Å². The molecule has 10 heteroatoms. The number of nitrogens with zero attached hydrogens (tertiary/aromatic N) is 2. The van der Waals surface area contributed by atoms with Crippen LogP contribution in [0.15, 0.2) is 34.5 Å². The highest BCUT2D eigenvalue weighted by Gasteiger charge is 2.89. The second-order valence-electron chi connectivity index (χ2n) is 6.23. The van der Waals surface area contributed by atoms with E-state index >= 15 is 0 Å². The summed E-state index contributed by atoms with van der Waals surface area (Å²) in [5.74, 6) is -5.02. The molecule has 2 bridgehead atoms. The van der Waals surface area contributed by atoms with Crippen molar-refractivity contribution >= 4 is 64.0 Å². The van der Waals surface area contributed by atoms with Crippen molar-refractivity contribution < 1.29 is 19.1 Å². The normalized spacial score (nSPS) is 37.7. The second kappa shape index (κ2) is 5.56. The predicted molar refractivity (Wildman–Crippen MR) is 96.4 cm³/mol. The number of halogens is 4. The van der Waals surface area contributed by atoms with E-state index in [2.05, 4.69) is 4.98 Å². The number of imide groups is 1. The van der Waals surface area contributed by atoms with Crippen molar-refractivity contribution in [2.75, 3.05) is 19.1 Å². The zero-order valence-corrected chi connectivity index (χ0v) is 16.5. The van der Waals surface area contributed by atoms with Crippen LogP contribution in [0.3, 0.4) is 0 Å². The molecule has 4 rings (SSSR count). The lowest BCUT2D eigenvalue weighted by molar-refractivity contribution is -0.221. The molecular weight excluding hydrogens is 426 g/mol. The van der Waals surface area contributed by atoms with Crippen molar-refractivity contribution in [3.63, 3.8) is 0 Å². The molecule has 2 fully saturated rings. The number of ether oxygens (including phenoxy) is 2. The zero-order chi connectivity index (χ0) is 19.1. The zero-order valence-electron chi connectivity index (χ0n) is 13.5. The van der Waals surface area contributed by atoms with Crippen molar-refractivity contribution in [3.05, 3.63) is 34.5 Å². The molecule has 1 aromatic rings. The van der Waals surface area contributed by atoms with Crippen LogP contribution in [-0.4, -0.2) is 46.6 Å². The molecular formula is C16H12Cl4N2O4. The number of anilines is 1. The van der Waals surface area contributed by atoms with E-state index in [1.165, 1.54) is 26.5 Å². The third kappa shape index (κ3) is 1.64. The van der Waals surface area contributed by atoms with Gasteiger partial charge in [-0.15, -0.1) is 23.2 Å². The number of carbonyl (C=O) groups is 2. The number of rotatable bonds is 3. The number of hydrogen-bond donors (Lipinski definition) is 0. The summed E-state index contributed by atoms with van der Waals surface area (Å²) in [6.45, 7) is 0. The van der Waals surface area contributed by atoms with E-state index < -0.39 is 39.2 Å². The summed E-state index contributed by atoms with van der Waals surface area (Å²) in [6, 6.07) is 4.86. The van der Waals surface area contributed by atoms with E-state index in [1.807, 2.05) is 0 Å². The fraction of sp³-hybridized carbons (Fsp3) is 0.438. The topological polar surface area (TPSA) is 68.7 Å². The molecule has 0 radical (unpaired) electrons. The maximum absolute atomic E-state index is 13.2. The summed E-state index contributed by atoms with van der Waals surface area (Å²) in [7, 11) is 2.62. The first kappa shape index (κ1) is 18.5. The van der Waals surface area contributed by atoms with Gasteiger partial charge in [-0.3, -0.25) is 9.59 Å². The maximum atomic E-state index is 13.2. The molecule has 6 nitrogen and oxygen atoms in total. The fourth-order valence-electron chi connectivity index (χ4n) is 4.42. The van der Waals surface area contributed by atoms with Crippen molar-refractivity contribution in [3.8, 4) is 0 Å². The maximum Gasteiger partial charge on any atom is 0.241 e. The Morgan fingerprint density at radius 1 is 1.00 bits per heavy atom. The van der Waals surface area contributed by atoms with Gasteiger partial charge in [0, 0.05) is 20.4 Å². The van der Waals surface area contributed by atoms with Crippen LogP contribution in [0.5, 0.6) is 0 Å². The monoisotopic (exact) mass is 436 g/mol. The van der Waals surface area contributed by atoms with Gasteiger partial charge in [0.2, 0.25) is 17.6 Å². The van der Waals surface area contributed by atoms with Crippen molar-refractivity contribution in [1.82, 2.24) is 4.98 Å². The van der Waals surface area contributed by atoms with E-state index in [1.54, 1.807) is 12.1 Å². The molecule has 1 aromatic heterocycles. The van der Waals surface area contributed by atoms with Crippen LogP contribution in [0.4, 0.5) is 5.82 Å². The molecule has 0 aromatic carbocycles. The molecule has 1 saturated heterocycles. The Morgan fingerprint density at radius 2 is 1.50 bits per heavy atom. The Bertz CT molecular complexity index is 813. The van der Waals surface area contributed by atoms with Gasteiger partial charge < -0.3 is 9.47 Å². The third-order valence-electron chi connectivity index (χ3n) is 5.41. The predicted octanol–water partition coefficient (Wildman–Crippen LogP) is 2.85. The second-order valence-corrected chi connectivity index (χ2v) is 8.18. The molecule has 1 aliphatic heterocycles. The molecule has 2 heterocycles. The first-order valence-electron chi connectivity index (χ1n) is 7.57. The average molecular weight is 438 g/mol. The summed E-state index contributed by atoms with van der Waals surface area (Å²) < 4.78 is 11.0. The first-order valence-corrected chi connectivity index (χ1v) is 9.08. The van der Waals surface area contributed by atoms with Crippen molar-refractivity contribution in [2.45, 2.75) is 15.5 Å². The Labute approximate surface area is 168 Å². The number of amides is 2. The summed E-state index contributed by atoms with van der Waals surface area (Å²) >= 11 is 26.4. The van der Waals surface area contributed by atoms with Crippen molar-refractivity contribution in [2.24, 2.45) is 11.8 Å².